The minimum absolute atomic E-state index is 0.182. The van der Waals surface area contributed by atoms with Gasteiger partial charge >= 0.3 is 0 Å². The molecular formula is C18H16ClN3OS. The van der Waals surface area contributed by atoms with Crippen molar-refractivity contribution >= 4 is 34.9 Å². The van der Waals surface area contributed by atoms with Crippen molar-refractivity contribution in [1.82, 2.24) is 15.1 Å². The number of halogens is 1. The number of carbonyl (C=O) groups is 1. The lowest BCUT2D eigenvalue weighted by Gasteiger charge is -1.99. The molecule has 3 aromatic rings. The van der Waals surface area contributed by atoms with Crippen LogP contribution in [0.3, 0.4) is 0 Å². The van der Waals surface area contributed by atoms with Crippen molar-refractivity contribution in [3.8, 4) is 10.6 Å². The van der Waals surface area contributed by atoms with E-state index in [9.17, 15) is 4.79 Å². The highest BCUT2D eigenvalue weighted by Crippen LogP contribution is 2.24. The van der Waals surface area contributed by atoms with Gasteiger partial charge in [-0.25, -0.2) is 0 Å². The summed E-state index contributed by atoms with van der Waals surface area (Å²) in [5, 5.41) is 9.92. The highest BCUT2D eigenvalue weighted by atomic mass is 35.5. The van der Waals surface area contributed by atoms with Gasteiger partial charge in [-0.15, -0.1) is 11.3 Å². The van der Waals surface area contributed by atoms with Crippen LogP contribution in [-0.2, 0) is 18.4 Å². The van der Waals surface area contributed by atoms with Gasteiger partial charge in [-0.2, -0.15) is 5.10 Å². The topological polar surface area (TPSA) is 46.9 Å². The molecule has 3 rings (SSSR count). The van der Waals surface area contributed by atoms with Crippen molar-refractivity contribution in [3.63, 3.8) is 0 Å². The highest BCUT2D eigenvalue weighted by Gasteiger charge is 2.08. The molecular weight excluding hydrogens is 342 g/mol. The molecule has 0 aliphatic heterocycles. The zero-order valence-corrected chi connectivity index (χ0v) is 14.6. The Hall–Kier alpha value is -2.37. The second-order valence-corrected chi connectivity index (χ2v) is 6.55. The summed E-state index contributed by atoms with van der Waals surface area (Å²) in [6, 6.07) is 13.4. The van der Waals surface area contributed by atoms with Crippen LogP contribution in [0.4, 0.5) is 0 Å². The molecule has 6 heteroatoms. The Balaban J connectivity index is 1.61. The van der Waals surface area contributed by atoms with Gasteiger partial charge in [0.25, 0.3) is 0 Å². The highest BCUT2D eigenvalue weighted by molar-refractivity contribution is 7.13. The molecule has 0 atom stereocenters. The summed E-state index contributed by atoms with van der Waals surface area (Å²) in [5.74, 6) is -0.182. The molecule has 2 aromatic heterocycles. The SMILES string of the molecule is Cn1nc(CNC(=O)/C=C/c2ccccc2Cl)cc1-c1cccs1. The average molecular weight is 358 g/mol. The van der Waals surface area contributed by atoms with Crippen LogP contribution < -0.4 is 5.32 Å². The maximum atomic E-state index is 11.9. The normalized spacial score (nSPS) is 11.1. The fraction of sp³-hybridized carbons (Fsp3) is 0.111. The summed E-state index contributed by atoms with van der Waals surface area (Å²) in [6.07, 6.45) is 3.18. The van der Waals surface area contributed by atoms with Crippen molar-refractivity contribution in [2.24, 2.45) is 7.05 Å². The van der Waals surface area contributed by atoms with E-state index < -0.39 is 0 Å². The summed E-state index contributed by atoms with van der Waals surface area (Å²) in [4.78, 5) is 13.1. The number of aryl methyl sites for hydroxylation is 1. The van der Waals surface area contributed by atoms with Crippen LogP contribution in [0.2, 0.25) is 5.02 Å². The number of nitrogens with one attached hydrogen (secondary N) is 1. The minimum Gasteiger partial charge on any atom is -0.347 e. The third kappa shape index (κ3) is 3.93. The third-order valence-electron chi connectivity index (χ3n) is 3.47. The number of carbonyl (C=O) groups excluding carboxylic acids is 1. The lowest BCUT2D eigenvalue weighted by atomic mass is 10.2. The van der Waals surface area contributed by atoms with Crippen LogP contribution in [-0.4, -0.2) is 15.7 Å². The van der Waals surface area contributed by atoms with Crippen LogP contribution in [0.1, 0.15) is 11.3 Å². The first-order chi connectivity index (χ1) is 11.6. The summed E-state index contributed by atoms with van der Waals surface area (Å²) in [7, 11) is 1.90. The number of rotatable bonds is 5. The maximum Gasteiger partial charge on any atom is 0.244 e. The Morgan fingerprint density at radius 1 is 1.33 bits per heavy atom. The Morgan fingerprint density at radius 3 is 2.92 bits per heavy atom. The first kappa shape index (κ1) is 16.5. The lowest BCUT2D eigenvalue weighted by Crippen LogP contribution is -2.20. The van der Waals surface area contributed by atoms with Gasteiger partial charge in [0.15, 0.2) is 0 Å². The minimum atomic E-state index is -0.182. The maximum absolute atomic E-state index is 11.9. The average Bonchev–Trinajstić information content (AvgIpc) is 3.21. The molecule has 0 spiro atoms. The van der Waals surface area contributed by atoms with Gasteiger partial charge in [0.05, 0.1) is 22.8 Å². The summed E-state index contributed by atoms with van der Waals surface area (Å²) < 4.78 is 1.83. The van der Waals surface area contributed by atoms with E-state index in [-0.39, 0.29) is 5.91 Å². The predicted octanol–water partition coefficient (Wildman–Crippen LogP) is 4.13. The van der Waals surface area contributed by atoms with E-state index in [2.05, 4.69) is 16.5 Å². The molecule has 0 aliphatic carbocycles. The fourth-order valence-corrected chi connectivity index (χ4v) is 3.25. The van der Waals surface area contributed by atoms with Crippen LogP contribution in [0.25, 0.3) is 16.6 Å². The van der Waals surface area contributed by atoms with Gasteiger partial charge in [-0.3, -0.25) is 9.48 Å². The van der Waals surface area contributed by atoms with Crippen molar-refractivity contribution in [3.05, 3.63) is 70.2 Å². The standard InChI is InChI=1S/C18H16ClN3OS/c1-22-16(17-7-4-10-24-17)11-14(21-22)12-20-18(23)9-8-13-5-2-3-6-15(13)19/h2-11H,12H2,1H3,(H,20,23)/b9-8+. The lowest BCUT2D eigenvalue weighted by molar-refractivity contribution is -0.116. The van der Waals surface area contributed by atoms with Crippen molar-refractivity contribution in [2.45, 2.75) is 6.54 Å². The monoisotopic (exact) mass is 357 g/mol. The number of hydrogen-bond acceptors (Lipinski definition) is 3. The van der Waals surface area contributed by atoms with E-state index in [1.54, 1.807) is 23.5 Å². The number of hydrogen-bond donors (Lipinski definition) is 1. The van der Waals surface area contributed by atoms with Gasteiger partial charge in [0.1, 0.15) is 0 Å². The molecule has 4 nitrogen and oxygen atoms in total. The van der Waals surface area contributed by atoms with Crippen LogP contribution in [0.15, 0.2) is 53.9 Å². The van der Waals surface area contributed by atoms with Gasteiger partial charge in [0, 0.05) is 18.1 Å². The molecule has 0 fully saturated rings. The molecule has 0 saturated carbocycles. The second kappa shape index (κ2) is 7.47. The first-order valence-corrected chi connectivity index (χ1v) is 8.66. The Labute approximate surface area is 149 Å². The summed E-state index contributed by atoms with van der Waals surface area (Å²) in [5.41, 5.74) is 2.67. The summed E-state index contributed by atoms with van der Waals surface area (Å²) in [6.45, 7) is 0.380. The number of thiophene rings is 1. The van der Waals surface area contributed by atoms with Gasteiger partial charge in [0.2, 0.25) is 5.91 Å². The Kier molecular flexibility index (Phi) is 5.13. The molecule has 2 heterocycles. The predicted molar refractivity (Wildman–Crippen MR) is 98.9 cm³/mol. The molecule has 0 bridgehead atoms. The molecule has 1 aromatic carbocycles. The van der Waals surface area contributed by atoms with E-state index in [1.165, 1.54) is 6.08 Å². The molecule has 0 saturated heterocycles. The largest absolute Gasteiger partial charge is 0.347 e. The molecule has 0 radical (unpaired) electrons. The van der Waals surface area contributed by atoms with E-state index in [0.717, 1.165) is 21.8 Å². The van der Waals surface area contributed by atoms with Crippen LogP contribution >= 0.6 is 22.9 Å². The van der Waals surface area contributed by atoms with Crippen molar-refractivity contribution in [1.29, 1.82) is 0 Å². The van der Waals surface area contributed by atoms with E-state index >= 15 is 0 Å². The van der Waals surface area contributed by atoms with E-state index in [0.29, 0.717) is 11.6 Å². The van der Waals surface area contributed by atoms with Crippen molar-refractivity contribution in [2.75, 3.05) is 0 Å². The number of amides is 1. The zero-order valence-electron chi connectivity index (χ0n) is 13.1. The number of aromatic nitrogens is 2. The summed E-state index contributed by atoms with van der Waals surface area (Å²) >= 11 is 7.72. The third-order valence-corrected chi connectivity index (χ3v) is 4.70. The smallest absolute Gasteiger partial charge is 0.244 e. The van der Waals surface area contributed by atoms with Crippen molar-refractivity contribution < 1.29 is 4.79 Å². The Bertz CT molecular complexity index is 868. The van der Waals surface area contributed by atoms with Gasteiger partial charge in [-0.1, -0.05) is 35.9 Å². The van der Waals surface area contributed by atoms with Crippen LogP contribution in [0, 0.1) is 0 Å². The molecule has 1 N–H and O–H groups in total. The fourth-order valence-electron chi connectivity index (χ4n) is 2.28. The first-order valence-electron chi connectivity index (χ1n) is 7.41. The molecule has 0 unspecified atom stereocenters. The van der Waals surface area contributed by atoms with Gasteiger partial charge < -0.3 is 5.32 Å². The van der Waals surface area contributed by atoms with E-state index in [1.807, 2.05) is 47.4 Å². The number of nitrogens with zero attached hydrogens (tertiary/aromatic N) is 2. The van der Waals surface area contributed by atoms with Gasteiger partial charge in [-0.05, 0) is 35.2 Å². The van der Waals surface area contributed by atoms with E-state index in [4.69, 9.17) is 11.6 Å². The molecule has 122 valence electrons. The second-order valence-electron chi connectivity index (χ2n) is 5.19. The number of benzene rings is 1. The Morgan fingerprint density at radius 2 is 2.17 bits per heavy atom. The van der Waals surface area contributed by atoms with Crippen LogP contribution in [0.5, 0.6) is 0 Å². The molecule has 1 amide bonds. The molecule has 24 heavy (non-hydrogen) atoms. The molecule has 0 aliphatic rings. The quantitative estimate of drug-likeness (QED) is 0.698. The zero-order chi connectivity index (χ0) is 16.9.